The Balaban J connectivity index is 1.79. The van der Waals surface area contributed by atoms with E-state index in [0.29, 0.717) is 13.1 Å². The summed E-state index contributed by atoms with van der Waals surface area (Å²) < 4.78 is 0. The summed E-state index contributed by atoms with van der Waals surface area (Å²) in [5, 5.41) is 0. The van der Waals surface area contributed by atoms with Gasteiger partial charge in [0.25, 0.3) is 0 Å². The molecule has 8 nitrogen and oxygen atoms in total. The van der Waals surface area contributed by atoms with Gasteiger partial charge in [-0.3, -0.25) is 4.79 Å². The fourth-order valence-electron chi connectivity index (χ4n) is 3.22. The number of carbonyl (C=O) groups excluding carboxylic acids is 1. The van der Waals surface area contributed by atoms with Gasteiger partial charge in [0, 0.05) is 43.2 Å². The maximum absolute atomic E-state index is 12.8. The fraction of sp³-hybridized carbons (Fsp3) is 0.471. The molecule has 132 valence electrons. The largest absolute Gasteiger partial charge is 0.368 e. The van der Waals surface area contributed by atoms with Gasteiger partial charge in [0.15, 0.2) is 0 Å². The zero-order chi connectivity index (χ0) is 18.1. The number of anilines is 2. The van der Waals surface area contributed by atoms with Crippen molar-refractivity contribution in [2.45, 2.75) is 33.2 Å². The van der Waals surface area contributed by atoms with Crippen molar-refractivity contribution in [2.75, 3.05) is 31.3 Å². The minimum atomic E-state index is 0.0511. The van der Waals surface area contributed by atoms with E-state index in [1.807, 2.05) is 37.7 Å². The van der Waals surface area contributed by atoms with E-state index >= 15 is 0 Å². The van der Waals surface area contributed by atoms with Crippen LogP contribution in [0.1, 0.15) is 28.2 Å². The van der Waals surface area contributed by atoms with Crippen LogP contribution in [0.3, 0.4) is 0 Å². The molecule has 0 aliphatic carbocycles. The van der Waals surface area contributed by atoms with Crippen molar-refractivity contribution in [1.29, 1.82) is 0 Å². The molecule has 1 aliphatic rings. The molecular weight excluding hydrogens is 318 g/mol. The summed E-state index contributed by atoms with van der Waals surface area (Å²) in [4.78, 5) is 33.6. The van der Waals surface area contributed by atoms with Crippen molar-refractivity contribution in [3.63, 3.8) is 0 Å². The second kappa shape index (κ2) is 6.62. The number of aryl methyl sites for hydroxylation is 2. The second-order valence-electron chi connectivity index (χ2n) is 6.49. The first-order chi connectivity index (χ1) is 11.9. The van der Waals surface area contributed by atoms with Gasteiger partial charge in [0.05, 0.1) is 18.7 Å². The predicted molar refractivity (Wildman–Crippen MR) is 95.1 cm³/mol. The first-order valence-electron chi connectivity index (χ1n) is 8.24. The molecule has 0 atom stereocenters. The van der Waals surface area contributed by atoms with E-state index in [1.54, 1.807) is 6.33 Å². The Bertz CT molecular complexity index is 796. The molecule has 0 unspecified atom stereocenters. The number of carbonyl (C=O) groups is 1. The molecule has 0 saturated carbocycles. The SMILES string of the molecule is Cc1nc(N)nc(C)c1CC(=O)N1CCc2c(ncnc2N(C)C)C1. The van der Waals surface area contributed by atoms with E-state index in [9.17, 15) is 4.79 Å². The lowest BCUT2D eigenvalue weighted by molar-refractivity contribution is -0.131. The Morgan fingerprint density at radius 2 is 1.92 bits per heavy atom. The van der Waals surface area contributed by atoms with Crippen LogP contribution in [0.2, 0.25) is 0 Å². The van der Waals surface area contributed by atoms with Gasteiger partial charge >= 0.3 is 0 Å². The summed E-state index contributed by atoms with van der Waals surface area (Å²) in [6, 6.07) is 0. The van der Waals surface area contributed by atoms with Gasteiger partial charge in [-0.1, -0.05) is 0 Å². The summed E-state index contributed by atoms with van der Waals surface area (Å²) in [6.45, 7) is 4.88. The highest BCUT2D eigenvalue weighted by Crippen LogP contribution is 2.25. The average molecular weight is 341 g/mol. The highest BCUT2D eigenvalue weighted by Gasteiger charge is 2.25. The Morgan fingerprint density at radius 1 is 1.24 bits per heavy atom. The summed E-state index contributed by atoms with van der Waals surface area (Å²) in [5.74, 6) is 1.22. The molecule has 0 bridgehead atoms. The zero-order valence-electron chi connectivity index (χ0n) is 15.1. The Hall–Kier alpha value is -2.77. The van der Waals surface area contributed by atoms with Gasteiger partial charge in [-0.15, -0.1) is 0 Å². The Morgan fingerprint density at radius 3 is 2.56 bits per heavy atom. The molecular formula is C17H23N7O. The van der Waals surface area contributed by atoms with Crippen LogP contribution >= 0.6 is 0 Å². The summed E-state index contributed by atoms with van der Waals surface area (Å²) >= 11 is 0. The predicted octanol–water partition coefficient (Wildman–Crippen LogP) is 0.659. The van der Waals surface area contributed by atoms with Crippen LogP contribution in [0.4, 0.5) is 11.8 Å². The van der Waals surface area contributed by atoms with Crippen LogP contribution < -0.4 is 10.6 Å². The lowest BCUT2D eigenvalue weighted by Crippen LogP contribution is -2.38. The van der Waals surface area contributed by atoms with E-state index < -0.39 is 0 Å². The molecule has 2 aromatic rings. The monoisotopic (exact) mass is 341 g/mol. The van der Waals surface area contributed by atoms with E-state index in [4.69, 9.17) is 5.73 Å². The van der Waals surface area contributed by atoms with Crippen LogP contribution in [-0.4, -0.2) is 51.4 Å². The Labute approximate surface area is 147 Å². The van der Waals surface area contributed by atoms with Crippen molar-refractivity contribution in [2.24, 2.45) is 0 Å². The smallest absolute Gasteiger partial charge is 0.227 e. The van der Waals surface area contributed by atoms with Gasteiger partial charge in [-0.05, 0) is 20.3 Å². The normalized spacial score (nSPS) is 13.5. The molecule has 0 saturated heterocycles. The van der Waals surface area contributed by atoms with Crippen molar-refractivity contribution in [3.05, 3.63) is 34.5 Å². The third kappa shape index (κ3) is 3.38. The third-order valence-electron chi connectivity index (χ3n) is 4.53. The Kier molecular flexibility index (Phi) is 4.52. The topological polar surface area (TPSA) is 101 Å². The molecule has 3 rings (SSSR count). The molecule has 2 aromatic heterocycles. The molecule has 1 aliphatic heterocycles. The van der Waals surface area contributed by atoms with Crippen molar-refractivity contribution in [3.8, 4) is 0 Å². The summed E-state index contributed by atoms with van der Waals surface area (Å²) in [5.41, 5.74) is 10.1. The summed E-state index contributed by atoms with van der Waals surface area (Å²) in [7, 11) is 3.93. The molecule has 0 radical (unpaired) electrons. The van der Waals surface area contributed by atoms with E-state index in [-0.39, 0.29) is 18.3 Å². The number of hydrogen-bond acceptors (Lipinski definition) is 7. The summed E-state index contributed by atoms with van der Waals surface area (Å²) in [6.07, 6.45) is 2.59. The minimum Gasteiger partial charge on any atom is -0.368 e. The van der Waals surface area contributed by atoms with E-state index in [1.165, 1.54) is 0 Å². The van der Waals surface area contributed by atoms with Crippen molar-refractivity contribution >= 4 is 17.7 Å². The number of nitrogens with two attached hydrogens (primary N) is 1. The molecule has 3 heterocycles. The molecule has 2 N–H and O–H groups in total. The number of hydrogen-bond donors (Lipinski definition) is 1. The minimum absolute atomic E-state index is 0.0511. The van der Waals surface area contributed by atoms with Crippen LogP contribution in [0.25, 0.3) is 0 Å². The number of amides is 1. The van der Waals surface area contributed by atoms with Crippen LogP contribution in [-0.2, 0) is 24.2 Å². The lowest BCUT2D eigenvalue weighted by atomic mass is 10.0. The first-order valence-corrected chi connectivity index (χ1v) is 8.24. The van der Waals surface area contributed by atoms with Crippen LogP contribution in [0, 0.1) is 13.8 Å². The number of nitrogen functional groups attached to an aromatic ring is 1. The van der Waals surface area contributed by atoms with Gasteiger partial charge in [0.2, 0.25) is 11.9 Å². The number of aromatic nitrogens is 4. The van der Waals surface area contributed by atoms with Crippen LogP contribution in [0.5, 0.6) is 0 Å². The number of fused-ring (bicyclic) bond motifs is 1. The maximum Gasteiger partial charge on any atom is 0.227 e. The van der Waals surface area contributed by atoms with Crippen molar-refractivity contribution in [1.82, 2.24) is 24.8 Å². The highest BCUT2D eigenvalue weighted by atomic mass is 16.2. The molecule has 8 heteroatoms. The second-order valence-corrected chi connectivity index (χ2v) is 6.49. The molecule has 0 spiro atoms. The molecule has 1 amide bonds. The quantitative estimate of drug-likeness (QED) is 0.875. The standard InChI is InChI=1S/C17H23N7O/c1-10-13(11(2)22-17(18)21-10)7-15(25)24-6-5-12-14(8-24)19-9-20-16(12)23(3)4/h9H,5-8H2,1-4H3,(H2,18,21,22). The number of rotatable bonds is 3. The van der Waals surface area contributed by atoms with Crippen molar-refractivity contribution < 1.29 is 4.79 Å². The third-order valence-corrected chi connectivity index (χ3v) is 4.53. The lowest BCUT2D eigenvalue weighted by Gasteiger charge is -2.30. The molecule has 25 heavy (non-hydrogen) atoms. The number of nitrogens with zero attached hydrogens (tertiary/aromatic N) is 6. The molecule has 0 aromatic carbocycles. The van der Waals surface area contributed by atoms with Gasteiger partial charge < -0.3 is 15.5 Å². The first kappa shape index (κ1) is 17.1. The van der Waals surface area contributed by atoms with Gasteiger partial charge in [0.1, 0.15) is 12.1 Å². The van der Waals surface area contributed by atoms with Gasteiger partial charge in [-0.2, -0.15) is 0 Å². The maximum atomic E-state index is 12.8. The molecule has 0 fully saturated rings. The zero-order valence-corrected chi connectivity index (χ0v) is 15.1. The van der Waals surface area contributed by atoms with E-state index in [0.717, 1.165) is 40.4 Å². The van der Waals surface area contributed by atoms with Crippen LogP contribution in [0.15, 0.2) is 6.33 Å². The fourth-order valence-corrected chi connectivity index (χ4v) is 3.22. The average Bonchev–Trinajstić information content (AvgIpc) is 2.56. The highest BCUT2D eigenvalue weighted by molar-refractivity contribution is 5.79. The van der Waals surface area contributed by atoms with Gasteiger partial charge in [-0.25, -0.2) is 19.9 Å². The van der Waals surface area contributed by atoms with E-state index in [2.05, 4.69) is 19.9 Å².